The van der Waals surface area contributed by atoms with Crippen LogP contribution in [0.1, 0.15) is 51.9 Å². The molecule has 0 bridgehead atoms. The van der Waals surface area contributed by atoms with Crippen LogP contribution in [0.3, 0.4) is 0 Å². The van der Waals surface area contributed by atoms with Crippen molar-refractivity contribution in [3.63, 3.8) is 0 Å². The van der Waals surface area contributed by atoms with E-state index in [1.54, 1.807) is 0 Å². The van der Waals surface area contributed by atoms with Crippen LogP contribution < -0.4 is 5.32 Å². The number of rotatable bonds is 5. The lowest BCUT2D eigenvalue weighted by atomic mass is 9.91. The average Bonchev–Trinajstić information content (AvgIpc) is 2.45. The van der Waals surface area contributed by atoms with Crippen molar-refractivity contribution in [1.82, 2.24) is 10.2 Å². The molecule has 2 fully saturated rings. The van der Waals surface area contributed by atoms with Gasteiger partial charge in [0.1, 0.15) is 0 Å². The summed E-state index contributed by atoms with van der Waals surface area (Å²) in [6, 6.07) is 1.63. The Morgan fingerprint density at radius 1 is 1.22 bits per heavy atom. The third-order valence-corrected chi connectivity index (χ3v) is 5.68. The van der Waals surface area contributed by atoms with E-state index in [1.165, 1.54) is 64.6 Å². The predicted molar refractivity (Wildman–Crippen MR) is 82.4 cm³/mol. The second-order valence-electron chi connectivity index (χ2n) is 5.97. The van der Waals surface area contributed by atoms with Gasteiger partial charge in [-0.2, -0.15) is 11.8 Å². The van der Waals surface area contributed by atoms with Crippen LogP contribution >= 0.6 is 11.8 Å². The standard InChI is InChI=1S/C15H30N2S/c1-3-9-16-13-6-5-10-17(12-13)14-7-4-8-15(11-14)18-2/h13-16H,3-12H2,1-2H3. The summed E-state index contributed by atoms with van der Waals surface area (Å²) in [7, 11) is 0. The summed E-state index contributed by atoms with van der Waals surface area (Å²) in [6.07, 6.45) is 12.1. The quantitative estimate of drug-likeness (QED) is 0.826. The van der Waals surface area contributed by atoms with E-state index in [-0.39, 0.29) is 0 Å². The fourth-order valence-corrected chi connectivity index (χ4v) is 4.34. The van der Waals surface area contributed by atoms with Gasteiger partial charge in [0.25, 0.3) is 0 Å². The van der Waals surface area contributed by atoms with Gasteiger partial charge in [0.05, 0.1) is 0 Å². The van der Waals surface area contributed by atoms with Gasteiger partial charge in [-0.25, -0.2) is 0 Å². The Morgan fingerprint density at radius 2 is 2.11 bits per heavy atom. The molecule has 1 saturated heterocycles. The maximum Gasteiger partial charge on any atom is 0.0195 e. The minimum absolute atomic E-state index is 0.758. The van der Waals surface area contributed by atoms with Gasteiger partial charge in [-0.05, 0) is 57.9 Å². The molecule has 2 rings (SSSR count). The number of thioether (sulfide) groups is 1. The topological polar surface area (TPSA) is 15.3 Å². The molecule has 3 heteroatoms. The van der Waals surface area contributed by atoms with Crippen LogP contribution in [0, 0.1) is 0 Å². The smallest absolute Gasteiger partial charge is 0.0195 e. The van der Waals surface area contributed by atoms with Crippen LogP contribution in [0.5, 0.6) is 0 Å². The van der Waals surface area contributed by atoms with Crippen molar-refractivity contribution in [2.45, 2.75) is 69.2 Å². The summed E-state index contributed by atoms with van der Waals surface area (Å²) >= 11 is 2.09. The Morgan fingerprint density at radius 3 is 2.89 bits per heavy atom. The molecule has 1 aliphatic heterocycles. The van der Waals surface area contributed by atoms with Crippen molar-refractivity contribution in [3.05, 3.63) is 0 Å². The maximum absolute atomic E-state index is 3.72. The van der Waals surface area contributed by atoms with Crippen molar-refractivity contribution in [2.24, 2.45) is 0 Å². The number of likely N-dealkylation sites (tertiary alicyclic amines) is 1. The van der Waals surface area contributed by atoms with Crippen LogP contribution in [-0.4, -0.2) is 48.1 Å². The first-order valence-corrected chi connectivity index (χ1v) is 9.12. The molecule has 1 N–H and O–H groups in total. The van der Waals surface area contributed by atoms with Crippen LogP contribution in [0.2, 0.25) is 0 Å². The Labute approximate surface area is 117 Å². The predicted octanol–water partition coefficient (Wildman–Crippen LogP) is 3.12. The van der Waals surface area contributed by atoms with Crippen molar-refractivity contribution in [3.8, 4) is 0 Å². The molecule has 3 unspecified atom stereocenters. The molecule has 18 heavy (non-hydrogen) atoms. The molecule has 0 aromatic heterocycles. The summed E-state index contributed by atoms with van der Waals surface area (Å²) in [6.45, 7) is 6.09. The van der Waals surface area contributed by atoms with Gasteiger partial charge in [-0.1, -0.05) is 13.3 Å². The minimum atomic E-state index is 0.758. The van der Waals surface area contributed by atoms with Crippen LogP contribution in [0.4, 0.5) is 0 Å². The van der Waals surface area contributed by atoms with Gasteiger partial charge in [0, 0.05) is 23.9 Å². The van der Waals surface area contributed by atoms with Crippen molar-refractivity contribution in [1.29, 1.82) is 0 Å². The molecule has 2 nitrogen and oxygen atoms in total. The molecule has 0 spiro atoms. The normalized spacial score (nSPS) is 34.7. The molecule has 2 aliphatic rings. The van der Waals surface area contributed by atoms with E-state index in [0.717, 1.165) is 17.3 Å². The van der Waals surface area contributed by atoms with E-state index in [2.05, 4.69) is 35.2 Å². The van der Waals surface area contributed by atoms with E-state index >= 15 is 0 Å². The summed E-state index contributed by atoms with van der Waals surface area (Å²) in [5.74, 6) is 0. The Hall–Kier alpha value is 0.270. The van der Waals surface area contributed by atoms with Gasteiger partial charge >= 0.3 is 0 Å². The molecule has 1 aliphatic carbocycles. The van der Waals surface area contributed by atoms with E-state index in [0.29, 0.717) is 0 Å². The first-order chi connectivity index (χ1) is 8.83. The van der Waals surface area contributed by atoms with Gasteiger partial charge in [0.15, 0.2) is 0 Å². The molecule has 106 valence electrons. The zero-order chi connectivity index (χ0) is 12.8. The van der Waals surface area contributed by atoms with Crippen molar-refractivity contribution < 1.29 is 0 Å². The largest absolute Gasteiger partial charge is 0.313 e. The Bertz CT molecular complexity index is 235. The number of hydrogen-bond acceptors (Lipinski definition) is 3. The van der Waals surface area contributed by atoms with E-state index in [9.17, 15) is 0 Å². The fourth-order valence-electron chi connectivity index (χ4n) is 3.52. The average molecular weight is 270 g/mol. The van der Waals surface area contributed by atoms with E-state index in [4.69, 9.17) is 0 Å². The van der Waals surface area contributed by atoms with Gasteiger partial charge in [0.2, 0.25) is 0 Å². The fraction of sp³-hybridized carbons (Fsp3) is 1.00. The van der Waals surface area contributed by atoms with Gasteiger partial charge in [-0.3, -0.25) is 4.90 Å². The molecular weight excluding hydrogens is 240 g/mol. The molecule has 0 aromatic carbocycles. The molecule has 0 aromatic rings. The molecule has 3 atom stereocenters. The number of hydrogen-bond donors (Lipinski definition) is 1. The monoisotopic (exact) mass is 270 g/mol. The lowest BCUT2D eigenvalue weighted by Crippen LogP contribution is -2.51. The van der Waals surface area contributed by atoms with Crippen LogP contribution in [-0.2, 0) is 0 Å². The lowest BCUT2D eigenvalue weighted by Gasteiger charge is -2.42. The lowest BCUT2D eigenvalue weighted by molar-refractivity contribution is 0.112. The van der Waals surface area contributed by atoms with Crippen LogP contribution in [0.15, 0.2) is 0 Å². The van der Waals surface area contributed by atoms with E-state index < -0.39 is 0 Å². The van der Waals surface area contributed by atoms with Crippen molar-refractivity contribution in [2.75, 3.05) is 25.9 Å². The number of nitrogens with zero attached hydrogens (tertiary/aromatic N) is 1. The number of piperidine rings is 1. The molecule has 0 radical (unpaired) electrons. The molecule has 0 amide bonds. The Kier molecular flexibility index (Phi) is 6.33. The summed E-state index contributed by atoms with van der Waals surface area (Å²) in [4.78, 5) is 2.79. The first kappa shape index (κ1) is 14.7. The summed E-state index contributed by atoms with van der Waals surface area (Å²) in [5, 5.41) is 4.64. The number of nitrogens with one attached hydrogen (secondary N) is 1. The molecular formula is C15H30N2S. The second-order valence-corrected chi connectivity index (χ2v) is 7.10. The summed E-state index contributed by atoms with van der Waals surface area (Å²) < 4.78 is 0. The van der Waals surface area contributed by atoms with Gasteiger partial charge in [-0.15, -0.1) is 0 Å². The first-order valence-electron chi connectivity index (χ1n) is 7.83. The highest BCUT2D eigenvalue weighted by molar-refractivity contribution is 7.99. The third kappa shape index (κ3) is 4.14. The molecule has 1 saturated carbocycles. The SMILES string of the molecule is CCCNC1CCCN(C2CCCC(SC)C2)C1. The Balaban J connectivity index is 1.80. The summed E-state index contributed by atoms with van der Waals surface area (Å²) in [5.41, 5.74) is 0. The minimum Gasteiger partial charge on any atom is -0.313 e. The van der Waals surface area contributed by atoms with E-state index in [1.807, 2.05) is 0 Å². The van der Waals surface area contributed by atoms with Crippen LogP contribution in [0.25, 0.3) is 0 Å². The maximum atomic E-state index is 3.72. The second kappa shape index (κ2) is 7.76. The zero-order valence-corrected chi connectivity index (χ0v) is 13.0. The highest BCUT2D eigenvalue weighted by Crippen LogP contribution is 2.31. The highest BCUT2D eigenvalue weighted by atomic mass is 32.2. The molecule has 1 heterocycles. The highest BCUT2D eigenvalue weighted by Gasteiger charge is 2.29. The van der Waals surface area contributed by atoms with Crippen molar-refractivity contribution >= 4 is 11.8 Å². The van der Waals surface area contributed by atoms with Gasteiger partial charge < -0.3 is 5.32 Å². The third-order valence-electron chi connectivity index (χ3n) is 4.58. The zero-order valence-electron chi connectivity index (χ0n) is 12.2.